The number of nitrogens with zero attached hydrogens (tertiary/aromatic N) is 2. The summed E-state index contributed by atoms with van der Waals surface area (Å²) in [6, 6.07) is 0. The molecule has 1 atom stereocenters. The lowest BCUT2D eigenvalue weighted by Gasteiger charge is -1.95. The van der Waals surface area contributed by atoms with Crippen molar-refractivity contribution < 1.29 is 9.90 Å². The van der Waals surface area contributed by atoms with Crippen molar-refractivity contribution in [1.82, 2.24) is 0 Å². The van der Waals surface area contributed by atoms with E-state index < -0.39 is 11.3 Å². The molecule has 0 radical (unpaired) electrons. The predicted octanol–water partition coefficient (Wildman–Crippen LogP) is 0.511. The van der Waals surface area contributed by atoms with Gasteiger partial charge in [-0.1, -0.05) is 11.8 Å². The number of carboxylic acids is 1. The number of aliphatic imine (C=N–C) groups is 2. The number of carbonyl (C=O) groups is 1. The lowest BCUT2D eigenvalue weighted by molar-refractivity contribution is -0.136. The van der Waals surface area contributed by atoms with Crippen LogP contribution in [-0.4, -0.2) is 28.5 Å². The highest BCUT2D eigenvalue weighted by atomic mass is 32.2. The van der Waals surface area contributed by atoms with Gasteiger partial charge in [0, 0.05) is 6.21 Å². The van der Waals surface area contributed by atoms with Gasteiger partial charge in [-0.3, -0.25) is 0 Å². The third-order valence-corrected chi connectivity index (χ3v) is 2.44. The van der Waals surface area contributed by atoms with Gasteiger partial charge in [-0.2, -0.15) is 0 Å². The third kappa shape index (κ3) is 0.970. The number of hydrogen-bond donors (Lipinski definition) is 1. The molecule has 0 aromatic carbocycles. The maximum Gasteiger partial charge on any atom is 0.339 e. The number of aliphatic carboxylic acids is 1. The topological polar surface area (TPSA) is 62.0 Å². The van der Waals surface area contributed by atoms with Crippen molar-refractivity contribution >= 4 is 29.8 Å². The Morgan fingerprint density at radius 3 is 3.18 bits per heavy atom. The third-order valence-electron chi connectivity index (χ3n) is 1.33. The first-order valence-corrected chi connectivity index (χ1v) is 3.87. The zero-order valence-electron chi connectivity index (χ0n) is 5.39. The first kappa shape index (κ1) is 6.60. The lowest BCUT2D eigenvalue weighted by Crippen LogP contribution is -2.10. The Balaban J connectivity index is 2.27. The highest BCUT2D eigenvalue weighted by Gasteiger charge is 2.29. The highest BCUT2D eigenvalue weighted by Crippen LogP contribution is 2.33. The molecule has 2 heterocycles. The molecular formula is C6H4N2O2S. The molecule has 4 nitrogen and oxygen atoms in total. The Hall–Kier alpha value is -1.10. The van der Waals surface area contributed by atoms with Crippen LogP contribution in [-0.2, 0) is 4.79 Å². The molecule has 0 saturated carbocycles. The first-order valence-electron chi connectivity index (χ1n) is 2.99. The predicted molar refractivity (Wildman–Crippen MR) is 43.0 cm³/mol. The maximum atomic E-state index is 10.4. The number of rotatable bonds is 1. The van der Waals surface area contributed by atoms with E-state index >= 15 is 0 Å². The van der Waals surface area contributed by atoms with Crippen molar-refractivity contribution in [3.05, 3.63) is 11.0 Å². The fraction of sp³-hybridized carbons (Fsp3) is 0.167. The summed E-state index contributed by atoms with van der Waals surface area (Å²) in [6.07, 6.45) is 3.39. The molecule has 0 fully saturated rings. The van der Waals surface area contributed by atoms with Gasteiger partial charge < -0.3 is 5.11 Å². The van der Waals surface area contributed by atoms with Crippen LogP contribution in [0.25, 0.3) is 0 Å². The van der Waals surface area contributed by atoms with Crippen molar-refractivity contribution in [3.63, 3.8) is 0 Å². The van der Waals surface area contributed by atoms with Crippen molar-refractivity contribution in [3.8, 4) is 0 Å². The zero-order chi connectivity index (χ0) is 7.84. The van der Waals surface area contributed by atoms with E-state index in [1.54, 1.807) is 12.3 Å². The van der Waals surface area contributed by atoms with Gasteiger partial charge in [-0.15, -0.1) is 0 Å². The molecule has 0 amide bonds. The minimum Gasteiger partial charge on any atom is -0.479 e. The van der Waals surface area contributed by atoms with Gasteiger partial charge in [0.2, 0.25) is 0 Å². The second kappa shape index (κ2) is 2.20. The second-order valence-corrected chi connectivity index (χ2v) is 3.19. The van der Waals surface area contributed by atoms with Crippen molar-refractivity contribution in [2.75, 3.05) is 0 Å². The summed E-state index contributed by atoms with van der Waals surface area (Å²) in [5, 5.41) is 7.88. The molecular weight excluding hydrogens is 164 g/mol. The van der Waals surface area contributed by atoms with Gasteiger partial charge in [0.25, 0.3) is 0 Å². The van der Waals surface area contributed by atoms with Crippen molar-refractivity contribution in [2.24, 2.45) is 9.98 Å². The highest BCUT2D eigenvalue weighted by molar-refractivity contribution is 8.05. The van der Waals surface area contributed by atoms with Crippen LogP contribution in [0.3, 0.4) is 0 Å². The number of hydrogen-bond acceptors (Lipinski definition) is 4. The average Bonchev–Trinajstić information content (AvgIpc) is 2.40. The molecule has 11 heavy (non-hydrogen) atoms. The molecule has 0 aromatic rings. The molecule has 0 saturated heterocycles. The summed E-state index contributed by atoms with van der Waals surface area (Å²) in [5.74, 6) is -0.351. The normalized spacial score (nSPS) is 26.4. The van der Waals surface area contributed by atoms with Gasteiger partial charge in [0.05, 0.1) is 4.91 Å². The lowest BCUT2D eigenvalue weighted by atomic mass is 10.5. The molecule has 2 aliphatic rings. The monoisotopic (exact) mass is 168 g/mol. The van der Waals surface area contributed by atoms with Crippen LogP contribution < -0.4 is 0 Å². The summed E-state index contributed by atoms with van der Waals surface area (Å²) >= 11 is 1.22. The molecule has 1 unspecified atom stereocenters. The molecule has 5 heteroatoms. The van der Waals surface area contributed by atoms with Crippen LogP contribution in [0.4, 0.5) is 0 Å². The van der Waals surface area contributed by atoms with Crippen LogP contribution in [0.2, 0.25) is 0 Å². The van der Waals surface area contributed by atoms with Gasteiger partial charge in [-0.05, 0) is 6.08 Å². The van der Waals surface area contributed by atoms with Crippen LogP contribution >= 0.6 is 11.8 Å². The molecule has 0 aliphatic carbocycles. The number of amidine groups is 1. The molecule has 1 N–H and O–H groups in total. The van der Waals surface area contributed by atoms with Crippen molar-refractivity contribution in [2.45, 2.75) is 5.37 Å². The molecule has 2 rings (SSSR count). The quantitative estimate of drug-likeness (QED) is 0.620. The van der Waals surface area contributed by atoms with E-state index in [9.17, 15) is 4.79 Å². The smallest absolute Gasteiger partial charge is 0.339 e. The summed E-state index contributed by atoms with van der Waals surface area (Å²) in [4.78, 5) is 19.0. The van der Waals surface area contributed by atoms with Crippen LogP contribution in [0.15, 0.2) is 21.0 Å². The number of allylic oxidation sites excluding steroid dienone is 1. The largest absolute Gasteiger partial charge is 0.479 e. The Bertz CT molecular complexity index is 306. The van der Waals surface area contributed by atoms with Gasteiger partial charge in [-0.25, -0.2) is 14.8 Å². The SMILES string of the molecule is O=C(O)C1N=C2N=CC=C2S1. The maximum absolute atomic E-state index is 10.4. The Morgan fingerprint density at radius 1 is 1.73 bits per heavy atom. The van der Waals surface area contributed by atoms with E-state index in [-0.39, 0.29) is 0 Å². The summed E-state index contributed by atoms with van der Waals surface area (Å²) in [5.41, 5.74) is 0. The van der Waals surface area contributed by atoms with E-state index in [2.05, 4.69) is 9.98 Å². The number of thioether (sulfide) groups is 1. The summed E-state index contributed by atoms with van der Waals surface area (Å²) in [7, 11) is 0. The molecule has 56 valence electrons. The Labute approximate surface area is 66.7 Å². The second-order valence-electron chi connectivity index (χ2n) is 2.07. The number of carboxylic acid groups (broad SMARTS) is 1. The van der Waals surface area contributed by atoms with E-state index in [1.165, 1.54) is 11.8 Å². The molecule has 0 aromatic heterocycles. The minimum atomic E-state index is -0.909. The fourth-order valence-corrected chi connectivity index (χ4v) is 1.71. The standard InChI is InChI=1S/C6H4N2O2S/c9-6(10)5-8-4-3(11-5)1-2-7-4/h1-2,5H,(H,9,10). The van der Waals surface area contributed by atoms with E-state index in [0.717, 1.165) is 4.91 Å². The fourth-order valence-electron chi connectivity index (χ4n) is 0.866. The molecule has 0 bridgehead atoms. The summed E-state index contributed by atoms with van der Waals surface area (Å²) in [6.45, 7) is 0. The summed E-state index contributed by atoms with van der Waals surface area (Å²) < 4.78 is 0. The molecule has 2 aliphatic heterocycles. The minimum absolute atomic E-state index is 0.558. The number of fused-ring (bicyclic) bond motifs is 1. The first-order chi connectivity index (χ1) is 5.27. The average molecular weight is 168 g/mol. The van der Waals surface area contributed by atoms with Gasteiger partial charge in [0.1, 0.15) is 0 Å². The molecule has 0 spiro atoms. The van der Waals surface area contributed by atoms with Crippen LogP contribution in [0.1, 0.15) is 0 Å². The van der Waals surface area contributed by atoms with Crippen LogP contribution in [0, 0.1) is 0 Å². The Morgan fingerprint density at radius 2 is 2.55 bits per heavy atom. The Kier molecular flexibility index (Phi) is 1.32. The van der Waals surface area contributed by atoms with Crippen LogP contribution in [0.5, 0.6) is 0 Å². The van der Waals surface area contributed by atoms with Gasteiger partial charge in [0.15, 0.2) is 11.2 Å². The van der Waals surface area contributed by atoms with Gasteiger partial charge >= 0.3 is 5.97 Å². The van der Waals surface area contributed by atoms with E-state index in [0.29, 0.717) is 5.84 Å². The van der Waals surface area contributed by atoms with E-state index in [4.69, 9.17) is 5.11 Å². The van der Waals surface area contributed by atoms with Crippen molar-refractivity contribution in [1.29, 1.82) is 0 Å². The zero-order valence-corrected chi connectivity index (χ0v) is 6.21. The van der Waals surface area contributed by atoms with E-state index in [1.807, 2.05) is 0 Å².